The minimum Gasteiger partial charge on any atom is -0.385 e. The summed E-state index contributed by atoms with van der Waals surface area (Å²) in [5.74, 6) is 0. The maximum atomic E-state index is 12.3. The molecule has 1 aliphatic rings. The molecule has 21 heavy (non-hydrogen) atoms. The van der Waals surface area contributed by atoms with Crippen LogP contribution in [0.25, 0.3) is 0 Å². The number of β-amino-alcohol motifs (C(OH)–C–C–N with tert-alkyl or cyclic N) is 1. The number of hydrogen-bond donors (Lipinski definition) is 2. The second-order valence-electron chi connectivity index (χ2n) is 5.40. The Morgan fingerprint density at radius 3 is 2.19 bits per heavy atom. The molecule has 0 bridgehead atoms. The van der Waals surface area contributed by atoms with Gasteiger partial charge in [0.15, 0.2) is 6.10 Å². The summed E-state index contributed by atoms with van der Waals surface area (Å²) in [6.45, 7) is 0.138. The summed E-state index contributed by atoms with van der Waals surface area (Å²) in [6.07, 6.45) is -6.32. The van der Waals surface area contributed by atoms with E-state index in [4.69, 9.17) is 16.7 Å². The molecule has 0 unspecified atom stereocenters. The van der Waals surface area contributed by atoms with E-state index < -0.39 is 24.4 Å². The van der Waals surface area contributed by atoms with Gasteiger partial charge in [-0.25, -0.2) is 0 Å². The van der Waals surface area contributed by atoms with Crippen LogP contribution < -0.4 is 0 Å². The van der Waals surface area contributed by atoms with E-state index in [9.17, 15) is 18.3 Å². The van der Waals surface area contributed by atoms with Crippen LogP contribution in [0.3, 0.4) is 0 Å². The van der Waals surface area contributed by atoms with Crippen molar-refractivity contribution in [1.29, 1.82) is 0 Å². The Balaban J connectivity index is 1.95. The van der Waals surface area contributed by atoms with E-state index in [0.717, 1.165) is 0 Å². The van der Waals surface area contributed by atoms with Gasteiger partial charge in [0.25, 0.3) is 0 Å². The van der Waals surface area contributed by atoms with Gasteiger partial charge < -0.3 is 15.1 Å². The summed E-state index contributed by atoms with van der Waals surface area (Å²) < 4.78 is 37.0. The molecule has 1 fully saturated rings. The smallest absolute Gasteiger partial charge is 0.385 e. The summed E-state index contributed by atoms with van der Waals surface area (Å²) in [6, 6.07) is 6.80. The number of piperidine rings is 1. The van der Waals surface area contributed by atoms with Gasteiger partial charge in [-0.1, -0.05) is 23.7 Å². The molecule has 0 aromatic heterocycles. The van der Waals surface area contributed by atoms with Crippen LogP contribution in [0.1, 0.15) is 18.4 Å². The topological polar surface area (TPSA) is 43.7 Å². The lowest BCUT2D eigenvalue weighted by Gasteiger charge is -2.39. The zero-order chi connectivity index (χ0) is 15.7. The van der Waals surface area contributed by atoms with Gasteiger partial charge in [0.05, 0.1) is 5.60 Å². The van der Waals surface area contributed by atoms with Crippen molar-refractivity contribution in [2.75, 3.05) is 19.6 Å². The van der Waals surface area contributed by atoms with Crippen molar-refractivity contribution in [3.63, 3.8) is 0 Å². The standard InChI is InChI=1S/C14H17ClF3NO2/c15-11-3-1-10(2-4-11)13(21)5-7-19(8-6-13)9-12(20)14(16,17)18/h1-4,12,20-21H,5-9H2/t12-/m1/s1. The highest BCUT2D eigenvalue weighted by Crippen LogP contribution is 2.34. The molecule has 1 aromatic rings. The van der Waals surface area contributed by atoms with Crippen LogP contribution in [0.5, 0.6) is 0 Å². The SMILES string of the molecule is O[C@H](CN1CCC(O)(c2ccc(Cl)cc2)CC1)C(F)(F)F. The van der Waals surface area contributed by atoms with Crippen molar-refractivity contribution in [1.82, 2.24) is 4.90 Å². The van der Waals surface area contributed by atoms with Gasteiger partial charge in [-0.15, -0.1) is 0 Å². The number of hydrogen-bond acceptors (Lipinski definition) is 3. The number of rotatable bonds is 3. The van der Waals surface area contributed by atoms with Gasteiger partial charge in [-0.2, -0.15) is 13.2 Å². The van der Waals surface area contributed by atoms with Crippen LogP contribution in [0.15, 0.2) is 24.3 Å². The van der Waals surface area contributed by atoms with Crippen molar-refractivity contribution in [2.45, 2.75) is 30.7 Å². The third-order valence-corrected chi connectivity index (χ3v) is 4.13. The first-order valence-electron chi connectivity index (χ1n) is 6.66. The zero-order valence-electron chi connectivity index (χ0n) is 11.3. The fourth-order valence-corrected chi connectivity index (χ4v) is 2.63. The molecule has 7 heteroatoms. The van der Waals surface area contributed by atoms with Crippen molar-refractivity contribution < 1.29 is 23.4 Å². The van der Waals surface area contributed by atoms with E-state index in [1.807, 2.05) is 0 Å². The van der Waals surface area contributed by atoms with Crippen molar-refractivity contribution in [2.24, 2.45) is 0 Å². The molecule has 1 heterocycles. The highest BCUT2D eigenvalue weighted by molar-refractivity contribution is 6.30. The number of halogens is 4. The number of likely N-dealkylation sites (tertiary alicyclic amines) is 1. The molecule has 2 rings (SSSR count). The average Bonchev–Trinajstić information content (AvgIpc) is 2.41. The summed E-state index contributed by atoms with van der Waals surface area (Å²) in [4.78, 5) is 1.52. The van der Waals surface area contributed by atoms with E-state index in [-0.39, 0.29) is 0 Å². The van der Waals surface area contributed by atoms with E-state index in [1.54, 1.807) is 24.3 Å². The van der Waals surface area contributed by atoms with Gasteiger partial charge in [-0.3, -0.25) is 0 Å². The molecule has 3 nitrogen and oxygen atoms in total. The van der Waals surface area contributed by atoms with Crippen LogP contribution >= 0.6 is 11.6 Å². The minimum absolute atomic E-state index is 0.298. The Hall–Kier alpha value is -0.820. The fourth-order valence-electron chi connectivity index (χ4n) is 2.50. The average molecular weight is 324 g/mol. The van der Waals surface area contributed by atoms with Crippen molar-refractivity contribution in [3.8, 4) is 0 Å². The predicted molar refractivity (Wildman–Crippen MR) is 73.1 cm³/mol. The monoisotopic (exact) mass is 323 g/mol. The van der Waals surface area contributed by atoms with Gasteiger partial charge in [0, 0.05) is 24.7 Å². The molecular formula is C14H17ClF3NO2. The summed E-state index contributed by atoms with van der Waals surface area (Å²) >= 11 is 5.79. The molecule has 0 spiro atoms. The lowest BCUT2D eigenvalue weighted by atomic mass is 9.84. The molecule has 0 radical (unpaired) electrons. The van der Waals surface area contributed by atoms with Gasteiger partial charge in [0.2, 0.25) is 0 Å². The van der Waals surface area contributed by atoms with Gasteiger partial charge in [0.1, 0.15) is 0 Å². The molecule has 1 aromatic carbocycles. The summed E-state index contributed by atoms with van der Waals surface area (Å²) in [7, 11) is 0. The molecule has 0 amide bonds. The predicted octanol–water partition coefficient (Wildman–Crippen LogP) is 2.55. The second-order valence-corrected chi connectivity index (χ2v) is 5.83. The van der Waals surface area contributed by atoms with Crippen LogP contribution in [-0.4, -0.2) is 47.0 Å². The van der Waals surface area contributed by atoms with E-state index in [2.05, 4.69) is 0 Å². The third-order valence-electron chi connectivity index (χ3n) is 3.87. The molecular weight excluding hydrogens is 307 g/mol. The maximum absolute atomic E-state index is 12.3. The molecule has 1 saturated heterocycles. The molecule has 0 saturated carbocycles. The largest absolute Gasteiger partial charge is 0.415 e. The van der Waals surface area contributed by atoms with Crippen LogP contribution in [-0.2, 0) is 5.60 Å². The Morgan fingerprint density at radius 1 is 1.19 bits per heavy atom. The van der Waals surface area contributed by atoms with Gasteiger partial charge in [-0.05, 0) is 30.5 Å². The van der Waals surface area contributed by atoms with Crippen molar-refractivity contribution >= 4 is 11.6 Å². The number of aliphatic hydroxyl groups is 2. The Morgan fingerprint density at radius 2 is 1.71 bits per heavy atom. The van der Waals surface area contributed by atoms with Crippen LogP contribution in [0.2, 0.25) is 5.02 Å². The van der Waals surface area contributed by atoms with Crippen LogP contribution in [0, 0.1) is 0 Å². The number of alkyl halides is 3. The van der Waals surface area contributed by atoms with Crippen LogP contribution in [0.4, 0.5) is 13.2 Å². The zero-order valence-corrected chi connectivity index (χ0v) is 12.0. The number of nitrogens with zero attached hydrogens (tertiary/aromatic N) is 1. The Labute approximate surface area is 125 Å². The fraction of sp³-hybridized carbons (Fsp3) is 0.571. The molecule has 1 atom stereocenters. The third kappa shape index (κ3) is 4.10. The van der Waals surface area contributed by atoms with E-state index >= 15 is 0 Å². The van der Waals surface area contributed by atoms with Crippen molar-refractivity contribution in [3.05, 3.63) is 34.9 Å². The highest BCUT2D eigenvalue weighted by atomic mass is 35.5. The van der Waals surface area contributed by atoms with E-state index in [1.165, 1.54) is 4.90 Å². The molecule has 118 valence electrons. The highest BCUT2D eigenvalue weighted by Gasteiger charge is 2.41. The first-order valence-corrected chi connectivity index (χ1v) is 7.04. The Bertz CT molecular complexity index is 470. The maximum Gasteiger partial charge on any atom is 0.415 e. The number of benzene rings is 1. The Kier molecular flexibility index (Phi) is 4.82. The summed E-state index contributed by atoms with van der Waals surface area (Å²) in [5, 5.41) is 20.2. The summed E-state index contributed by atoms with van der Waals surface area (Å²) in [5.41, 5.74) is -0.340. The minimum atomic E-state index is -4.61. The number of aliphatic hydroxyl groups excluding tert-OH is 1. The first-order chi connectivity index (χ1) is 9.71. The van der Waals surface area contributed by atoms with Gasteiger partial charge >= 0.3 is 6.18 Å². The quantitative estimate of drug-likeness (QED) is 0.898. The lowest BCUT2D eigenvalue weighted by molar-refractivity contribution is -0.209. The van der Waals surface area contributed by atoms with E-state index in [0.29, 0.717) is 36.5 Å². The first kappa shape index (κ1) is 16.5. The molecule has 1 aliphatic heterocycles. The molecule has 0 aliphatic carbocycles. The lowest BCUT2D eigenvalue weighted by Crippen LogP contribution is -2.47. The molecule has 2 N–H and O–H groups in total. The second kappa shape index (κ2) is 6.12. The normalized spacial score (nSPS) is 21.2.